The van der Waals surface area contributed by atoms with E-state index in [4.69, 9.17) is 10.5 Å². The fourth-order valence-corrected chi connectivity index (χ4v) is 1.82. The topological polar surface area (TPSA) is 101 Å². The summed E-state index contributed by atoms with van der Waals surface area (Å²) < 4.78 is 4.96. The van der Waals surface area contributed by atoms with Crippen molar-refractivity contribution in [2.45, 2.75) is 65.3 Å². The van der Waals surface area contributed by atoms with Crippen LogP contribution in [0.3, 0.4) is 0 Å². The Labute approximate surface area is 116 Å². The minimum atomic E-state index is -1.45. The molecule has 0 rings (SSSR count). The van der Waals surface area contributed by atoms with Gasteiger partial charge in [0.15, 0.2) is 11.3 Å². The van der Waals surface area contributed by atoms with Crippen molar-refractivity contribution < 1.29 is 19.8 Å². The van der Waals surface area contributed by atoms with E-state index >= 15 is 0 Å². The summed E-state index contributed by atoms with van der Waals surface area (Å²) in [4.78, 5) is 24.1. The molecule has 0 spiro atoms. The number of rotatable bonds is 9. The standard InChI is InChI=1S/C14H27NO3.H2O/c1-5-7-8-9-14(15,13(17)18-6-2)12(16)10-11(3)4;/h11H,5-10,15H2,1-4H3;1H2. The monoisotopic (exact) mass is 275 g/mol. The van der Waals surface area contributed by atoms with Gasteiger partial charge >= 0.3 is 5.97 Å². The van der Waals surface area contributed by atoms with Crippen molar-refractivity contribution in [3.8, 4) is 0 Å². The van der Waals surface area contributed by atoms with Crippen molar-refractivity contribution in [1.29, 1.82) is 0 Å². The van der Waals surface area contributed by atoms with Crippen LogP contribution in [0.15, 0.2) is 0 Å². The summed E-state index contributed by atoms with van der Waals surface area (Å²) in [7, 11) is 0. The molecule has 0 fully saturated rings. The number of carbonyl (C=O) groups excluding carboxylic acids is 2. The first-order chi connectivity index (χ1) is 8.38. The van der Waals surface area contributed by atoms with Gasteiger partial charge in [-0.15, -0.1) is 0 Å². The lowest BCUT2D eigenvalue weighted by atomic mass is 9.85. The van der Waals surface area contributed by atoms with Crippen LogP contribution in [0.2, 0.25) is 0 Å². The number of Topliss-reactive ketones (excluding diaryl/α,β-unsaturated/α-hetero) is 1. The van der Waals surface area contributed by atoms with Crippen molar-refractivity contribution in [3.05, 3.63) is 0 Å². The van der Waals surface area contributed by atoms with Gasteiger partial charge < -0.3 is 15.9 Å². The maximum atomic E-state index is 12.2. The van der Waals surface area contributed by atoms with E-state index in [1.807, 2.05) is 13.8 Å². The molecular weight excluding hydrogens is 246 g/mol. The first-order valence-electron chi connectivity index (χ1n) is 6.87. The molecule has 5 nitrogen and oxygen atoms in total. The summed E-state index contributed by atoms with van der Waals surface area (Å²) in [5.74, 6) is -0.583. The lowest BCUT2D eigenvalue weighted by molar-refractivity contribution is -0.154. The third-order valence-corrected chi connectivity index (χ3v) is 2.91. The maximum Gasteiger partial charge on any atom is 0.333 e. The van der Waals surface area contributed by atoms with Crippen LogP contribution in [0.4, 0.5) is 0 Å². The summed E-state index contributed by atoms with van der Waals surface area (Å²) in [5.41, 5.74) is 4.59. The smallest absolute Gasteiger partial charge is 0.333 e. The number of carbonyl (C=O) groups is 2. The highest BCUT2D eigenvalue weighted by molar-refractivity contribution is 6.08. The molecule has 1 atom stereocenters. The molecule has 0 amide bonds. The molecule has 0 aromatic heterocycles. The Morgan fingerprint density at radius 2 is 1.79 bits per heavy atom. The molecule has 0 saturated carbocycles. The second kappa shape index (κ2) is 9.92. The predicted octanol–water partition coefficient (Wildman–Crippen LogP) is 1.62. The third kappa shape index (κ3) is 6.68. The zero-order chi connectivity index (χ0) is 14.2. The normalized spacial score (nSPS) is 13.6. The molecule has 0 saturated heterocycles. The molecule has 0 aliphatic heterocycles. The van der Waals surface area contributed by atoms with E-state index in [9.17, 15) is 9.59 Å². The Kier molecular flexibility index (Phi) is 10.6. The number of ether oxygens (including phenoxy) is 1. The number of esters is 1. The zero-order valence-corrected chi connectivity index (χ0v) is 12.6. The van der Waals surface area contributed by atoms with E-state index in [1.54, 1.807) is 6.92 Å². The molecular formula is C14H29NO4. The summed E-state index contributed by atoms with van der Waals surface area (Å²) in [6.45, 7) is 7.92. The Morgan fingerprint density at radius 1 is 1.21 bits per heavy atom. The Bertz CT molecular complexity index is 279. The lowest BCUT2D eigenvalue weighted by Gasteiger charge is -2.26. The summed E-state index contributed by atoms with van der Waals surface area (Å²) in [5, 5.41) is 0. The first kappa shape index (κ1) is 20.4. The van der Waals surface area contributed by atoms with E-state index < -0.39 is 11.5 Å². The molecule has 4 N–H and O–H groups in total. The summed E-state index contributed by atoms with van der Waals surface area (Å²) in [6.07, 6.45) is 3.47. The van der Waals surface area contributed by atoms with Crippen LogP contribution >= 0.6 is 0 Å². The van der Waals surface area contributed by atoms with Gasteiger partial charge in [-0.05, 0) is 19.3 Å². The molecule has 0 bridgehead atoms. The van der Waals surface area contributed by atoms with Crippen LogP contribution in [0.25, 0.3) is 0 Å². The second-order valence-corrected chi connectivity index (χ2v) is 5.17. The van der Waals surface area contributed by atoms with Crippen molar-refractivity contribution in [1.82, 2.24) is 0 Å². The molecule has 0 aliphatic rings. The van der Waals surface area contributed by atoms with Crippen LogP contribution in [-0.4, -0.2) is 29.4 Å². The van der Waals surface area contributed by atoms with Crippen molar-refractivity contribution in [3.63, 3.8) is 0 Å². The molecule has 0 heterocycles. The van der Waals surface area contributed by atoms with Crippen molar-refractivity contribution in [2.24, 2.45) is 11.7 Å². The number of unbranched alkanes of at least 4 members (excludes halogenated alkanes) is 2. The third-order valence-electron chi connectivity index (χ3n) is 2.91. The van der Waals surface area contributed by atoms with Gasteiger partial charge in [-0.1, -0.05) is 40.0 Å². The maximum absolute atomic E-state index is 12.2. The number of hydrogen-bond donors (Lipinski definition) is 1. The number of ketones is 1. The average molecular weight is 275 g/mol. The highest BCUT2D eigenvalue weighted by Crippen LogP contribution is 2.20. The lowest BCUT2D eigenvalue weighted by Crippen LogP contribution is -2.56. The van der Waals surface area contributed by atoms with E-state index in [2.05, 4.69) is 6.92 Å². The van der Waals surface area contributed by atoms with Gasteiger partial charge in [0.1, 0.15) is 0 Å². The van der Waals surface area contributed by atoms with Gasteiger partial charge in [-0.3, -0.25) is 4.79 Å². The Balaban J connectivity index is 0. The number of hydrogen-bond acceptors (Lipinski definition) is 4. The van der Waals surface area contributed by atoms with E-state index in [1.165, 1.54) is 0 Å². The van der Waals surface area contributed by atoms with E-state index in [-0.39, 0.29) is 23.8 Å². The predicted molar refractivity (Wildman–Crippen MR) is 75.8 cm³/mol. The van der Waals surface area contributed by atoms with Gasteiger partial charge in [0.2, 0.25) is 0 Å². The number of nitrogens with two attached hydrogens (primary N) is 1. The van der Waals surface area contributed by atoms with Gasteiger partial charge in [-0.2, -0.15) is 0 Å². The van der Waals surface area contributed by atoms with Crippen molar-refractivity contribution in [2.75, 3.05) is 6.61 Å². The fourth-order valence-electron chi connectivity index (χ4n) is 1.82. The Hall–Kier alpha value is -0.940. The van der Waals surface area contributed by atoms with Gasteiger partial charge in [0.25, 0.3) is 0 Å². The highest BCUT2D eigenvalue weighted by atomic mass is 16.5. The van der Waals surface area contributed by atoms with E-state index in [0.29, 0.717) is 12.8 Å². The molecule has 5 heteroatoms. The first-order valence-corrected chi connectivity index (χ1v) is 6.87. The largest absolute Gasteiger partial charge is 0.464 e. The highest BCUT2D eigenvalue weighted by Gasteiger charge is 2.42. The fraction of sp³-hybridized carbons (Fsp3) is 0.857. The summed E-state index contributed by atoms with van der Waals surface area (Å²) >= 11 is 0. The molecule has 19 heavy (non-hydrogen) atoms. The van der Waals surface area contributed by atoms with Gasteiger partial charge in [-0.25, -0.2) is 4.79 Å². The van der Waals surface area contributed by atoms with E-state index in [0.717, 1.165) is 19.3 Å². The van der Waals surface area contributed by atoms with Crippen LogP contribution in [-0.2, 0) is 14.3 Å². The Morgan fingerprint density at radius 3 is 2.21 bits per heavy atom. The van der Waals surface area contributed by atoms with Crippen LogP contribution < -0.4 is 5.73 Å². The van der Waals surface area contributed by atoms with Gasteiger partial charge in [0.05, 0.1) is 6.61 Å². The SMILES string of the molecule is CCCCCC(N)(C(=O)CC(C)C)C(=O)OCC.O. The van der Waals surface area contributed by atoms with Crippen LogP contribution in [0, 0.1) is 5.92 Å². The zero-order valence-electron chi connectivity index (χ0n) is 12.6. The van der Waals surface area contributed by atoms with Gasteiger partial charge in [0, 0.05) is 6.42 Å². The molecule has 114 valence electrons. The van der Waals surface area contributed by atoms with Crippen molar-refractivity contribution >= 4 is 11.8 Å². The molecule has 0 aromatic rings. The molecule has 0 aliphatic carbocycles. The quantitative estimate of drug-likeness (QED) is 0.392. The minimum Gasteiger partial charge on any atom is -0.464 e. The summed E-state index contributed by atoms with van der Waals surface area (Å²) in [6, 6.07) is 0. The molecule has 0 aromatic carbocycles. The molecule has 1 unspecified atom stereocenters. The molecule has 0 radical (unpaired) electrons. The average Bonchev–Trinajstić information content (AvgIpc) is 2.28. The van der Waals surface area contributed by atoms with Crippen LogP contribution in [0.1, 0.15) is 59.8 Å². The minimum absolute atomic E-state index is 0. The second-order valence-electron chi connectivity index (χ2n) is 5.17. The van der Waals surface area contributed by atoms with Crippen LogP contribution in [0.5, 0.6) is 0 Å².